The van der Waals surface area contributed by atoms with Crippen molar-refractivity contribution in [2.45, 2.75) is 0 Å². The number of hydrogen-bond donors (Lipinski definition) is 0. The van der Waals surface area contributed by atoms with Gasteiger partial charge in [0.25, 0.3) is 0 Å². The van der Waals surface area contributed by atoms with E-state index in [1.54, 1.807) is 0 Å². The Labute approximate surface area is 835 Å². The quantitative estimate of drug-likeness (QED) is 0.113. The van der Waals surface area contributed by atoms with Gasteiger partial charge in [0.15, 0.2) is 0 Å². The van der Waals surface area contributed by atoms with Gasteiger partial charge in [0.05, 0.1) is 11.2 Å². The third-order valence-electron chi connectivity index (χ3n) is 31.0. The molecule has 0 fully saturated rings. The molecule has 31 aromatic rings. The van der Waals surface area contributed by atoms with Gasteiger partial charge >= 0.3 is 0 Å². The van der Waals surface area contributed by atoms with Gasteiger partial charge in [0.1, 0.15) is 44.7 Å². The number of benzene rings is 24. The summed E-state index contributed by atoms with van der Waals surface area (Å²) in [5.41, 5.74) is 34.0. The molecule has 0 unspecified atom stereocenters. The highest BCUT2D eigenvalue weighted by Crippen LogP contribution is 2.56. The van der Waals surface area contributed by atoms with Gasteiger partial charge < -0.3 is 17.7 Å². The predicted molar refractivity (Wildman–Crippen MR) is 609 cm³/mol. The van der Waals surface area contributed by atoms with Crippen LogP contribution in [0.2, 0.25) is 0 Å². The number of furan rings is 4. The Balaban J connectivity index is 0.505. The maximum absolute atomic E-state index is 7.30. The van der Waals surface area contributed by atoms with Crippen LogP contribution in [0.25, 0.3) is 329 Å². The Kier molecular flexibility index (Phi) is 17.9. The van der Waals surface area contributed by atoms with Crippen LogP contribution in [-0.2, 0) is 0 Å². The Morgan fingerprint density at radius 2 is 0.534 bits per heavy atom. The molecule has 0 spiro atoms. The van der Waals surface area contributed by atoms with Crippen molar-refractivity contribution in [3.05, 3.63) is 480 Å². The van der Waals surface area contributed by atoms with Crippen LogP contribution in [0.15, 0.2) is 497 Å². The third-order valence-corrected chi connectivity index (χ3v) is 31.0. The van der Waals surface area contributed by atoms with Gasteiger partial charge in [-0.05, 0) is 307 Å². The molecule has 31 rings (SSSR count). The summed E-state index contributed by atoms with van der Waals surface area (Å²) in [6, 6.07) is 166. The SMILES string of the molecule is c1ccc(-c2ccc3c(-c4cccc5cccnc45)c4ccccc4c(-c4ccc5c(c4)oc4ccc(-c6ccc(-c7c8ccccc8c(-c8ccc9c(c8)oc8ccc(-c%10cccc%11cc(-c%12ccc(-c%13c%14ccccc%14c(-c%14cccc%15c%14oc%14ccccc%14%15)c%14cc(-c%15cccc%16ccccc%15%16)ccc%13%14)cc%12)ccc%10%11)cc89)c8cc(-c9cccc%10ccncc9%10)ccc78)c7c6oc6ccccc67)cc45)c3c2)nc1. The summed E-state index contributed by atoms with van der Waals surface area (Å²) in [5.74, 6) is 0. The lowest BCUT2D eigenvalue weighted by molar-refractivity contribution is 0.668. The minimum absolute atomic E-state index is 0.798. The van der Waals surface area contributed by atoms with E-state index in [0.29, 0.717) is 0 Å². The van der Waals surface area contributed by atoms with E-state index in [2.05, 4.69) is 443 Å². The first-order valence-electron chi connectivity index (χ1n) is 49.8. The van der Waals surface area contributed by atoms with E-state index in [0.717, 1.165) is 280 Å². The van der Waals surface area contributed by atoms with Gasteiger partial charge in [-0.2, -0.15) is 0 Å². The highest BCUT2D eigenvalue weighted by molar-refractivity contribution is 6.31. The van der Waals surface area contributed by atoms with Crippen molar-refractivity contribution in [2.75, 3.05) is 0 Å². The van der Waals surface area contributed by atoms with E-state index in [1.165, 1.54) is 48.8 Å². The van der Waals surface area contributed by atoms with Crippen LogP contribution in [0, 0.1) is 0 Å². The number of rotatable bonds is 12. The number of nitrogens with zero attached hydrogens (tertiary/aromatic N) is 3. The maximum atomic E-state index is 7.30. The molecule has 0 aliphatic rings. The number of para-hydroxylation sites is 4. The summed E-state index contributed by atoms with van der Waals surface area (Å²) in [5, 5.41) is 30.2. The molecule has 0 N–H and O–H groups in total. The summed E-state index contributed by atoms with van der Waals surface area (Å²) in [4.78, 5) is 14.6. The number of aromatic nitrogens is 3. The molecule has 0 aliphatic heterocycles. The molecule has 0 aliphatic carbocycles. The van der Waals surface area contributed by atoms with Crippen LogP contribution in [0.3, 0.4) is 0 Å². The fourth-order valence-electron chi connectivity index (χ4n) is 24.5. The van der Waals surface area contributed by atoms with Gasteiger partial charge in [-0.3, -0.25) is 15.0 Å². The predicted octanol–water partition coefficient (Wildman–Crippen LogP) is 39.0. The van der Waals surface area contributed by atoms with Gasteiger partial charge in [-0.15, -0.1) is 0 Å². The first kappa shape index (κ1) is 81.4. The van der Waals surface area contributed by atoms with E-state index in [-0.39, 0.29) is 0 Å². The fraction of sp³-hybridized carbons (Fsp3) is 0. The molecule has 0 bridgehead atoms. The lowest BCUT2D eigenvalue weighted by atomic mass is 9.83. The fourth-order valence-corrected chi connectivity index (χ4v) is 24.5. The molecule has 7 heterocycles. The number of fused-ring (bicyclic) bond motifs is 22. The van der Waals surface area contributed by atoms with Gasteiger partial charge in [0, 0.05) is 106 Å². The second-order valence-electron chi connectivity index (χ2n) is 38.8. The van der Waals surface area contributed by atoms with Crippen LogP contribution in [0.4, 0.5) is 0 Å². The largest absolute Gasteiger partial charge is 0.456 e. The molecule has 7 aromatic heterocycles. The van der Waals surface area contributed by atoms with Gasteiger partial charge in [0.2, 0.25) is 0 Å². The molecule has 146 heavy (non-hydrogen) atoms. The smallest absolute Gasteiger partial charge is 0.143 e. The second kappa shape index (κ2) is 32.0. The molecular weight excluding hydrogens is 1780 g/mol. The van der Waals surface area contributed by atoms with Crippen LogP contribution >= 0.6 is 0 Å². The second-order valence-corrected chi connectivity index (χ2v) is 38.8. The highest BCUT2D eigenvalue weighted by atomic mass is 16.3. The minimum atomic E-state index is 0.798. The average molecular weight is 1860 g/mol. The van der Waals surface area contributed by atoms with Crippen LogP contribution in [-0.4, -0.2) is 15.0 Å². The zero-order valence-electron chi connectivity index (χ0n) is 78.6. The van der Waals surface area contributed by atoms with E-state index < -0.39 is 0 Å². The lowest BCUT2D eigenvalue weighted by Crippen LogP contribution is -1.93. The van der Waals surface area contributed by atoms with Crippen LogP contribution < -0.4 is 0 Å². The maximum Gasteiger partial charge on any atom is 0.143 e. The van der Waals surface area contributed by atoms with Crippen molar-refractivity contribution in [1.29, 1.82) is 0 Å². The summed E-state index contributed by atoms with van der Waals surface area (Å²) in [7, 11) is 0. The Bertz CT molecular complexity index is 11100. The first-order valence-corrected chi connectivity index (χ1v) is 49.8. The summed E-state index contributed by atoms with van der Waals surface area (Å²) >= 11 is 0. The molecule has 0 atom stereocenters. The van der Waals surface area contributed by atoms with Gasteiger partial charge in [-0.1, -0.05) is 340 Å². The van der Waals surface area contributed by atoms with E-state index >= 15 is 0 Å². The van der Waals surface area contributed by atoms with E-state index in [1.807, 2.05) is 36.9 Å². The standard InChI is InChI=1S/C139H79N3O4/c1-2-27-94-81(21-1)22-15-36-95(94)87-50-60-109-121(75-87)135(116-41-19-39-112-100-28-9-11-43-124(100)145-138(112)116)108-34-8-3-29-103(108)130(109)83-47-45-80(46-48-83)85-49-57-98-86(71-85)25-18-37-96(98)89-55-65-126-117(72-89)101-58-53-92(77-128(101)143-126)131-104-30-4-6-32-106(104)133(110-61-51-88(74-119(110)131)97-38-16-23-82-67-70-140-79-122(82)97)114-64-63-99(139-136(114)113-35-10-12-44-125(113)146-139)90-56-66-127-118(73-90)102-59-54-93(78-129(102)144-127)132-105-31-5-7-33-107(105)134(115-40-17-24-84-26-20-69-142-137(84)115)111-62-52-91(76-120(111)132)123-42-13-14-68-141-123/h1-79H. The monoisotopic (exact) mass is 1850 g/mol. The van der Waals surface area contributed by atoms with Crippen molar-refractivity contribution < 1.29 is 17.7 Å². The number of hydrogen-bond acceptors (Lipinski definition) is 7. The van der Waals surface area contributed by atoms with Crippen molar-refractivity contribution in [1.82, 2.24) is 15.0 Å². The summed E-state index contributed by atoms with van der Waals surface area (Å²) < 4.78 is 28.3. The Morgan fingerprint density at radius 1 is 0.151 bits per heavy atom. The van der Waals surface area contributed by atoms with E-state index in [9.17, 15) is 0 Å². The normalized spacial score (nSPS) is 12.1. The third kappa shape index (κ3) is 12.5. The molecule has 0 amide bonds. The summed E-state index contributed by atoms with van der Waals surface area (Å²) in [6.07, 6.45) is 7.63. The average Bonchev–Trinajstić information content (AvgIpc) is 1.35. The summed E-state index contributed by atoms with van der Waals surface area (Å²) in [6.45, 7) is 0. The molecule has 7 heteroatoms. The van der Waals surface area contributed by atoms with E-state index in [4.69, 9.17) is 32.6 Å². The van der Waals surface area contributed by atoms with Crippen molar-refractivity contribution in [3.63, 3.8) is 0 Å². The van der Waals surface area contributed by atoms with Crippen molar-refractivity contribution >= 4 is 196 Å². The topological polar surface area (TPSA) is 91.2 Å². The van der Waals surface area contributed by atoms with Crippen molar-refractivity contribution in [2.24, 2.45) is 0 Å². The molecular formula is C139H79N3O4. The van der Waals surface area contributed by atoms with Crippen molar-refractivity contribution in [3.8, 4) is 134 Å². The molecule has 0 saturated heterocycles. The first-order chi connectivity index (χ1) is 72.4. The van der Waals surface area contributed by atoms with Crippen LogP contribution in [0.1, 0.15) is 0 Å². The Hall–Kier alpha value is -19.5. The molecule has 24 aromatic carbocycles. The highest BCUT2D eigenvalue weighted by Gasteiger charge is 2.29. The molecule has 674 valence electrons. The minimum Gasteiger partial charge on any atom is -0.456 e. The number of pyridine rings is 3. The molecule has 7 nitrogen and oxygen atoms in total. The molecule has 0 saturated carbocycles. The Morgan fingerprint density at radius 3 is 1.18 bits per heavy atom. The zero-order valence-corrected chi connectivity index (χ0v) is 78.6. The van der Waals surface area contributed by atoms with Crippen LogP contribution in [0.5, 0.6) is 0 Å². The van der Waals surface area contributed by atoms with Gasteiger partial charge in [-0.25, -0.2) is 0 Å². The zero-order chi connectivity index (χ0) is 95.5. The molecule has 0 radical (unpaired) electrons. The lowest BCUT2D eigenvalue weighted by Gasteiger charge is -2.20.